The van der Waals surface area contributed by atoms with Crippen LogP contribution in [0, 0.1) is 13.8 Å². The number of ether oxygens (including phenoxy) is 2. The molecule has 0 aliphatic rings. The summed E-state index contributed by atoms with van der Waals surface area (Å²) in [6.45, 7) is 5.21. The fourth-order valence-corrected chi connectivity index (χ4v) is 3.76. The molecule has 3 N–H and O–H groups in total. The van der Waals surface area contributed by atoms with Crippen LogP contribution in [-0.4, -0.2) is 37.1 Å². The van der Waals surface area contributed by atoms with Gasteiger partial charge in [-0.3, -0.25) is 4.79 Å². The van der Waals surface area contributed by atoms with Gasteiger partial charge in [-0.1, -0.05) is 6.07 Å². The number of urea groups is 1. The number of benzene rings is 2. The monoisotopic (exact) mass is 468 g/mol. The first kappa shape index (κ1) is 24.1. The van der Waals surface area contributed by atoms with Gasteiger partial charge in [0.2, 0.25) is 0 Å². The molecule has 33 heavy (non-hydrogen) atoms. The second kappa shape index (κ2) is 11.9. The molecule has 0 saturated carbocycles. The van der Waals surface area contributed by atoms with Gasteiger partial charge in [0.1, 0.15) is 28.8 Å². The Bertz CT molecular complexity index is 1060. The summed E-state index contributed by atoms with van der Waals surface area (Å²) in [7, 11) is 1.59. The van der Waals surface area contributed by atoms with Gasteiger partial charge in [-0.25, -0.2) is 9.78 Å². The van der Waals surface area contributed by atoms with Gasteiger partial charge in [0.15, 0.2) is 0 Å². The summed E-state index contributed by atoms with van der Waals surface area (Å²) in [5.41, 5.74) is 3.31. The number of methoxy groups -OCH3 is 1. The maximum Gasteiger partial charge on any atom is 0.319 e. The van der Waals surface area contributed by atoms with Gasteiger partial charge >= 0.3 is 6.03 Å². The molecule has 174 valence electrons. The first-order chi connectivity index (χ1) is 15.9. The number of nitrogens with one attached hydrogen (secondary N) is 3. The average Bonchev–Trinajstić information content (AvgIpc) is 3.26. The van der Waals surface area contributed by atoms with E-state index in [1.165, 1.54) is 11.3 Å². The maximum atomic E-state index is 12.3. The molecule has 3 rings (SSSR count). The number of aromatic nitrogens is 1. The topological polar surface area (TPSA) is 102 Å². The standard InChI is InChI=1S/C24H28N4O4S/c1-16-11-17(2)13-20(12-16)32-14-22-28-21(15-33-22)23(29)25-9-4-10-26-24(30)27-18-5-7-19(31-3)8-6-18/h5-8,11-13,15H,4,9-10,14H2,1-3H3,(H,25,29)(H2,26,27,30). The largest absolute Gasteiger partial charge is 0.497 e. The van der Waals surface area contributed by atoms with Crippen molar-refractivity contribution in [3.8, 4) is 11.5 Å². The number of aryl methyl sites for hydroxylation is 2. The Morgan fingerprint density at radius 3 is 2.36 bits per heavy atom. The van der Waals surface area contributed by atoms with Crippen LogP contribution in [0.1, 0.15) is 33.0 Å². The fraction of sp³-hybridized carbons (Fsp3) is 0.292. The third-order valence-electron chi connectivity index (χ3n) is 4.61. The third kappa shape index (κ3) is 7.80. The summed E-state index contributed by atoms with van der Waals surface area (Å²) in [5, 5.41) is 10.8. The van der Waals surface area contributed by atoms with Crippen molar-refractivity contribution in [3.05, 3.63) is 69.7 Å². The van der Waals surface area contributed by atoms with Gasteiger partial charge in [-0.15, -0.1) is 11.3 Å². The van der Waals surface area contributed by atoms with E-state index in [-0.39, 0.29) is 11.9 Å². The molecule has 0 saturated heterocycles. The summed E-state index contributed by atoms with van der Waals surface area (Å²) < 4.78 is 10.9. The predicted octanol–water partition coefficient (Wildman–Crippen LogP) is 4.29. The van der Waals surface area contributed by atoms with Crippen LogP contribution in [0.15, 0.2) is 47.8 Å². The van der Waals surface area contributed by atoms with Crippen molar-refractivity contribution in [1.29, 1.82) is 0 Å². The summed E-state index contributed by atoms with van der Waals surface area (Å²) in [5.74, 6) is 1.27. The van der Waals surface area contributed by atoms with Gasteiger partial charge in [-0.05, 0) is 67.8 Å². The maximum absolute atomic E-state index is 12.3. The molecule has 0 atom stereocenters. The Balaban J connectivity index is 1.33. The number of nitrogens with zero attached hydrogens (tertiary/aromatic N) is 1. The molecular formula is C24H28N4O4S. The van der Waals surface area contributed by atoms with Gasteiger partial charge < -0.3 is 25.4 Å². The molecule has 3 aromatic rings. The molecule has 0 radical (unpaired) electrons. The number of rotatable bonds is 10. The zero-order chi connectivity index (χ0) is 23.6. The zero-order valence-electron chi connectivity index (χ0n) is 18.9. The highest BCUT2D eigenvalue weighted by molar-refractivity contribution is 7.09. The molecule has 0 unspecified atom stereocenters. The Kier molecular flexibility index (Phi) is 8.65. The molecule has 0 bridgehead atoms. The Morgan fingerprint density at radius 2 is 1.67 bits per heavy atom. The second-order valence-corrected chi connectivity index (χ2v) is 8.40. The van der Waals surface area contributed by atoms with Crippen LogP contribution in [0.3, 0.4) is 0 Å². The van der Waals surface area contributed by atoms with Crippen molar-refractivity contribution in [3.63, 3.8) is 0 Å². The molecule has 0 aliphatic heterocycles. The van der Waals surface area contributed by atoms with E-state index in [1.54, 1.807) is 36.8 Å². The lowest BCUT2D eigenvalue weighted by Gasteiger charge is -2.08. The van der Waals surface area contributed by atoms with Crippen molar-refractivity contribution in [2.45, 2.75) is 26.9 Å². The van der Waals surface area contributed by atoms with Crippen LogP contribution in [0.5, 0.6) is 11.5 Å². The predicted molar refractivity (Wildman–Crippen MR) is 129 cm³/mol. The van der Waals surface area contributed by atoms with Crippen molar-refractivity contribution in [2.75, 3.05) is 25.5 Å². The van der Waals surface area contributed by atoms with Crippen molar-refractivity contribution in [2.24, 2.45) is 0 Å². The van der Waals surface area contributed by atoms with E-state index >= 15 is 0 Å². The van der Waals surface area contributed by atoms with Crippen LogP contribution in [0.25, 0.3) is 0 Å². The fourth-order valence-electron chi connectivity index (χ4n) is 3.08. The number of hydrogen-bond donors (Lipinski definition) is 3. The van der Waals surface area contributed by atoms with Crippen LogP contribution in [0.2, 0.25) is 0 Å². The molecule has 2 aromatic carbocycles. The van der Waals surface area contributed by atoms with Crippen LogP contribution in [-0.2, 0) is 6.61 Å². The molecule has 3 amide bonds. The minimum absolute atomic E-state index is 0.244. The van der Waals surface area contributed by atoms with E-state index in [0.717, 1.165) is 27.6 Å². The van der Waals surface area contributed by atoms with E-state index < -0.39 is 0 Å². The zero-order valence-corrected chi connectivity index (χ0v) is 19.8. The first-order valence-electron chi connectivity index (χ1n) is 10.6. The van der Waals surface area contributed by atoms with Crippen molar-refractivity contribution < 1.29 is 19.1 Å². The summed E-state index contributed by atoms with van der Waals surface area (Å²) in [6, 6.07) is 12.8. The van der Waals surface area contributed by atoms with Crippen LogP contribution >= 0.6 is 11.3 Å². The van der Waals surface area contributed by atoms with Crippen LogP contribution in [0.4, 0.5) is 10.5 Å². The van der Waals surface area contributed by atoms with Gasteiger partial charge in [0, 0.05) is 24.2 Å². The lowest BCUT2D eigenvalue weighted by Crippen LogP contribution is -2.32. The lowest BCUT2D eigenvalue weighted by molar-refractivity contribution is 0.0948. The first-order valence-corrected chi connectivity index (χ1v) is 11.4. The number of amides is 3. The van der Waals surface area contributed by atoms with E-state index in [1.807, 2.05) is 26.0 Å². The highest BCUT2D eigenvalue weighted by Crippen LogP contribution is 2.19. The molecule has 8 nitrogen and oxygen atoms in total. The minimum atomic E-state index is -0.306. The van der Waals surface area contributed by atoms with E-state index in [9.17, 15) is 9.59 Å². The molecule has 0 spiro atoms. The van der Waals surface area contributed by atoms with E-state index in [0.29, 0.717) is 37.5 Å². The quantitative estimate of drug-likeness (QED) is 0.385. The van der Waals surface area contributed by atoms with E-state index in [4.69, 9.17) is 9.47 Å². The Morgan fingerprint density at radius 1 is 0.970 bits per heavy atom. The molecule has 1 heterocycles. The smallest absolute Gasteiger partial charge is 0.319 e. The average molecular weight is 469 g/mol. The van der Waals surface area contributed by atoms with Gasteiger partial charge in [0.05, 0.1) is 7.11 Å². The number of carbonyl (C=O) groups excluding carboxylic acids is 2. The minimum Gasteiger partial charge on any atom is -0.497 e. The number of thiazole rings is 1. The second-order valence-electron chi connectivity index (χ2n) is 7.46. The normalized spacial score (nSPS) is 10.4. The molecule has 0 fully saturated rings. The summed E-state index contributed by atoms with van der Waals surface area (Å²) in [6.07, 6.45) is 0.592. The van der Waals surface area contributed by atoms with E-state index in [2.05, 4.69) is 27.0 Å². The highest BCUT2D eigenvalue weighted by atomic mass is 32.1. The van der Waals surface area contributed by atoms with Crippen LogP contribution < -0.4 is 25.4 Å². The van der Waals surface area contributed by atoms with Crippen molar-refractivity contribution >= 4 is 29.0 Å². The molecule has 0 aliphatic carbocycles. The van der Waals surface area contributed by atoms with Gasteiger partial charge in [-0.2, -0.15) is 0 Å². The molecular weight excluding hydrogens is 440 g/mol. The van der Waals surface area contributed by atoms with Crippen molar-refractivity contribution in [1.82, 2.24) is 15.6 Å². The Labute approximate surface area is 197 Å². The number of anilines is 1. The number of carbonyl (C=O) groups is 2. The molecule has 1 aromatic heterocycles. The Hall–Kier alpha value is -3.59. The van der Waals surface area contributed by atoms with Gasteiger partial charge in [0.25, 0.3) is 5.91 Å². The third-order valence-corrected chi connectivity index (χ3v) is 5.44. The highest BCUT2D eigenvalue weighted by Gasteiger charge is 2.11. The summed E-state index contributed by atoms with van der Waals surface area (Å²) >= 11 is 1.39. The molecule has 9 heteroatoms. The summed E-state index contributed by atoms with van der Waals surface area (Å²) in [4.78, 5) is 28.6. The number of hydrogen-bond acceptors (Lipinski definition) is 6. The SMILES string of the molecule is COc1ccc(NC(=O)NCCCNC(=O)c2csc(COc3cc(C)cc(C)c3)n2)cc1. The lowest BCUT2D eigenvalue weighted by atomic mass is 10.1.